The van der Waals surface area contributed by atoms with Crippen molar-refractivity contribution in [1.82, 2.24) is 4.90 Å². The van der Waals surface area contributed by atoms with Crippen LogP contribution in [0.2, 0.25) is 0 Å². The Morgan fingerprint density at radius 3 is 2.82 bits per heavy atom. The van der Waals surface area contributed by atoms with Crippen molar-refractivity contribution < 1.29 is 9.21 Å². The van der Waals surface area contributed by atoms with E-state index in [4.69, 9.17) is 4.42 Å². The van der Waals surface area contributed by atoms with Crippen LogP contribution in [0.3, 0.4) is 0 Å². The Hall–Kier alpha value is -1.29. The minimum absolute atomic E-state index is 0.0903. The third-order valence-electron chi connectivity index (χ3n) is 2.51. The monoisotopic (exact) mass is 295 g/mol. The second kappa shape index (κ2) is 4.92. The molecule has 1 aromatic carbocycles. The lowest BCUT2D eigenvalue weighted by Gasteiger charge is -2.16. The summed E-state index contributed by atoms with van der Waals surface area (Å²) in [4.78, 5) is 14.0. The number of furan rings is 1. The maximum atomic E-state index is 12.1. The van der Waals surface area contributed by atoms with E-state index in [9.17, 15) is 4.79 Å². The van der Waals surface area contributed by atoms with Gasteiger partial charge in [0, 0.05) is 23.8 Å². The molecule has 0 saturated carbocycles. The van der Waals surface area contributed by atoms with Gasteiger partial charge in [0.05, 0.1) is 0 Å². The highest BCUT2D eigenvalue weighted by molar-refractivity contribution is 9.09. The average molecular weight is 296 g/mol. The second-order valence-electron chi connectivity index (χ2n) is 4.11. The summed E-state index contributed by atoms with van der Waals surface area (Å²) >= 11 is 3.43. The van der Waals surface area contributed by atoms with Crippen LogP contribution >= 0.6 is 15.9 Å². The lowest BCUT2D eigenvalue weighted by molar-refractivity contribution is 0.0768. The molecule has 0 bridgehead atoms. The van der Waals surface area contributed by atoms with Crippen LogP contribution in [0.1, 0.15) is 17.5 Å². The van der Waals surface area contributed by atoms with Crippen LogP contribution in [0.15, 0.2) is 34.7 Å². The molecule has 0 N–H and O–H groups in total. The fourth-order valence-corrected chi connectivity index (χ4v) is 2.17. The molecular formula is C13H14BrNO2. The van der Waals surface area contributed by atoms with E-state index >= 15 is 0 Å². The van der Waals surface area contributed by atoms with Crippen molar-refractivity contribution in [1.29, 1.82) is 0 Å². The summed E-state index contributed by atoms with van der Waals surface area (Å²) < 4.78 is 5.53. The molecule has 2 rings (SSSR count). The lowest BCUT2D eigenvalue weighted by atomic mass is 10.2. The van der Waals surface area contributed by atoms with Gasteiger partial charge in [-0.05, 0) is 12.1 Å². The lowest BCUT2D eigenvalue weighted by Crippen LogP contribution is -2.30. The number of fused-ring (bicyclic) bond motifs is 1. The Morgan fingerprint density at radius 1 is 1.47 bits per heavy atom. The summed E-state index contributed by atoms with van der Waals surface area (Å²) in [5.41, 5.74) is 0.746. The number of carbonyl (C=O) groups excluding carboxylic acids is 1. The topological polar surface area (TPSA) is 33.5 Å². The molecule has 0 aliphatic heterocycles. The molecule has 17 heavy (non-hydrogen) atoms. The van der Waals surface area contributed by atoms with Crippen molar-refractivity contribution >= 4 is 32.8 Å². The Bertz CT molecular complexity index is 500. The smallest absolute Gasteiger partial charge is 0.289 e. The number of alkyl halides is 1. The van der Waals surface area contributed by atoms with Gasteiger partial charge in [-0.2, -0.15) is 0 Å². The number of hydrogen-bond donors (Lipinski definition) is 0. The van der Waals surface area contributed by atoms with Gasteiger partial charge in [0.25, 0.3) is 5.91 Å². The van der Waals surface area contributed by atoms with Crippen molar-refractivity contribution in [3.05, 3.63) is 36.1 Å². The van der Waals surface area contributed by atoms with Gasteiger partial charge in [-0.3, -0.25) is 4.79 Å². The molecule has 1 amide bonds. The molecule has 1 atom stereocenters. The van der Waals surface area contributed by atoms with E-state index in [-0.39, 0.29) is 10.7 Å². The van der Waals surface area contributed by atoms with Crippen molar-refractivity contribution in [2.45, 2.75) is 11.8 Å². The van der Waals surface area contributed by atoms with Gasteiger partial charge in [0.15, 0.2) is 5.76 Å². The predicted octanol–water partition coefficient (Wildman–Crippen LogP) is 3.29. The normalized spacial score (nSPS) is 12.6. The first-order valence-corrected chi connectivity index (χ1v) is 6.37. The predicted molar refractivity (Wildman–Crippen MR) is 71.6 cm³/mol. The molecule has 0 spiro atoms. The molecule has 4 heteroatoms. The molecule has 0 aliphatic carbocycles. The molecule has 3 nitrogen and oxygen atoms in total. The number of benzene rings is 1. The van der Waals surface area contributed by atoms with E-state index in [1.165, 1.54) is 0 Å². The minimum Gasteiger partial charge on any atom is -0.451 e. The largest absolute Gasteiger partial charge is 0.451 e. The number of carbonyl (C=O) groups is 1. The average Bonchev–Trinajstić information content (AvgIpc) is 2.70. The third kappa shape index (κ3) is 2.69. The van der Waals surface area contributed by atoms with Crippen molar-refractivity contribution in [2.75, 3.05) is 13.6 Å². The maximum Gasteiger partial charge on any atom is 0.289 e. The Labute approximate surface area is 109 Å². The number of hydrogen-bond acceptors (Lipinski definition) is 2. The summed E-state index contributed by atoms with van der Waals surface area (Å²) in [7, 11) is 1.77. The number of halogens is 1. The van der Waals surface area contributed by atoms with Crippen LogP contribution in [-0.2, 0) is 0 Å². The van der Waals surface area contributed by atoms with E-state index in [2.05, 4.69) is 15.9 Å². The van der Waals surface area contributed by atoms with E-state index in [1.807, 2.05) is 31.2 Å². The molecule has 1 heterocycles. The Morgan fingerprint density at radius 2 is 2.18 bits per heavy atom. The summed E-state index contributed by atoms with van der Waals surface area (Å²) in [5, 5.41) is 0.955. The van der Waals surface area contributed by atoms with Crippen molar-refractivity contribution in [2.24, 2.45) is 0 Å². The molecular weight excluding hydrogens is 282 g/mol. The van der Waals surface area contributed by atoms with Crippen LogP contribution in [0.25, 0.3) is 11.0 Å². The highest BCUT2D eigenvalue weighted by Crippen LogP contribution is 2.19. The Balaban J connectivity index is 2.24. The van der Waals surface area contributed by atoms with Gasteiger partial charge in [-0.25, -0.2) is 0 Å². The van der Waals surface area contributed by atoms with Gasteiger partial charge in [-0.1, -0.05) is 41.1 Å². The van der Waals surface area contributed by atoms with Gasteiger partial charge in [0.2, 0.25) is 0 Å². The van der Waals surface area contributed by atoms with E-state index < -0.39 is 0 Å². The first-order chi connectivity index (χ1) is 8.08. The maximum absolute atomic E-state index is 12.1. The quantitative estimate of drug-likeness (QED) is 0.814. The number of rotatable bonds is 3. The van der Waals surface area contributed by atoms with Crippen molar-refractivity contribution in [3.8, 4) is 0 Å². The van der Waals surface area contributed by atoms with Gasteiger partial charge in [-0.15, -0.1) is 0 Å². The van der Waals surface area contributed by atoms with Crippen LogP contribution in [0.4, 0.5) is 0 Å². The van der Waals surface area contributed by atoms with E-state index in [1.54, 1.807) is 18.0 Å². The van der Waals surface area contributed by atoms with Crippen LogP contribution in [-0.4, -0.2) is 29.2 Å². The summed E-state index contributed by atoms with van der Waals surface area (Å²) in [6, 6.07) is 9.40. The van der Waals surface area contributed by atoms with E-state index in [0.29, 0.717) is 12.3 Å². The molecule has 0 radical (unpaired) electrons. The summed E-state index contributed by atoms with van der Waals surface area (Å²) in [5.74, 6) is 0.300. The first-order valence-electron chi connectivity index (χ1n) is 5.46. The summed E-state index contributed by atoms with van der Waals surface area (Å²) in [6.07, 6.45) is 0. The standard InChI is InChI=1S/C13H14BrNO2/c1-9(14)8-15(2)13(16)12-7-10-5-3-4-6-11(10)17-12/h3-7,9H,8H2,1-2H3. The fourth-order valence-electron chi connectivity index (χ4n) is 1.74. The zero-order valence-electron chi connectivity index (χ0n) is 9.81. The SMILES string of the molecule is CC(Br)CN(C)C(=O)c1cc2ccccc2o1. The van der Waals surface area contributed by atoms with Crippen LogP contribution < -0.4 is 0 Å². The molecule has 0 aliphatic rings. The summed E-state index contributed by atoms with van der Waals surface area (Å²) in [6.45, 7) is 2.65. The molecule has 1 unspecified atom stereocenters. The third-order valence-corrected chi connectivity index (χ3v) is 2.80. The molecule has 0 fully saturated rings. The van der Waals surface area contributed by atoms with Crippen molar-refractivity contribution in [3.63, 3.8) is 0 Å². The highest BCUT2D eigenvalue weighted by atomic mass is 79.9. The zero-order valence-corrected chi connectivity index (χ0v) is 11.4. The Kier molecular flexibility index (Phi) is 3.52. The highest BCUT2D eigenvalue weighted by Gasteiger charge is 2.17. The molecule has 0 saturated heterocycles. The van der Waals surface area contributed by atoms with Gasteiger partial charge in [0.1, 0.15) is 5.58 Å². The number of nitrogens with zero attached hydrogens (tertiary/aromatic N) is 1. The second-order valence-corrected chi connectivity index (χ2v) is 5.68. The fraction of sp³-hybridized carbons (Fsp3) is 0.308. The van der Waals surface area contributed by atoms with E-state index in [0.717, 1.165) is 11.0 Å². The minimum atomic E-state index is -0.0903. The molecule has 1 aromatic heterocycles. The number of para-hydroxylation sites is 1. The molecule has 2 aromatic rings. The van der Waals surface area contributed by atoms with Gasteiger partial charge >= 0.3 is 0 Å². The zero-order chi connectivity index (χ0) is 12.4. The number of amides is 1. The van der Waals surface area contributed by atoms with Crippen LogP contribution in [0.5, 0.6) is 0 Å². The van der Waals surface area contributed by atoms with Gasteiger partial charge < -0.3 is 9.32 Å². The molecule has 90 valence electrons. The van der Waals surface area contributed by atoms with Crippen LogP contribution in [0, 0.1) is 0 Å². The first kappa shape index (κ1) is 12.2.